The van der Waals surface area contributed by atoms with Crippen LogP contribution < -0.4 is 15.6 Å². The SMILES string of the molecule is O=C(NNCC1(O)CCCCC1)[C@@]1(Cc2ccccc2)N=C(c2ccc(OCCCO)cc2)O[C@H]1c1ccccc1Br. The zero-order valence-electron chi connectivity index (χ0n) is 23.6. The van der Waals surface area contributed by atoms with Crippen molar-refractivity contribution in [2.45, 2.75) is 62.2 Å². The Morgan fingerprint density at radius 1 is 1.00 bits per heavy atom. The minimum atomic E-state index is -1.35. The van der Waals surface area contributed by atoms with Gasteiger partial charge < -0.3 is 19.7 Å². The van der Waals surface area contributed by atoms with Crippen LogP contribution in [0.1, 0.15) is 61.3 Å². The van der Waals surface area contributed by atoms with Crippen LogP contribution in [-0.4, -0.2) is 52.9 Å². The Kier molecular flexibility index (Phi) is 9.95. The summed E-state index contributed by atoms with van der Waals surface area (Å²) in [4.78, 5) is 19.3. The van der Waals surface area contributed by atoms with E-state index in [-0.39, 0.29) is 19.1 Å². The van der Waals surface area contributed by atoms with Crippen LogP contribution in [0.25, 0.3) is 0 Å². The summed E-state index contributed by atoms with van der Waals surface area (Å²) in [5.41, 5.74) is 6.20. The van der Waals surface area contributed by atoms with Crippen molar-refractivity contribution in [1.29, 1.82) is 0 Å². The van der Waals surface area contributed by atoms with Gasteiger partial charge in [-0.2, -0.15) is 0 Å². The molecule has 8 nitrogen and oxygen atoms in total. The number of benzene rings is 3. The van der Waals surface area contributed by atoms with E-state index < -0.39 is 17.2 Å². The van der Waals surface area contributed by atoms with E-state index in [0.29, 0.717) is 49.5 Å². The highest BCUT2D eigenvalue weighted by Gasteiger charge is 2.54. The van der Waals surface area contributed by atoms with Crippen molar-refractivity contribution >= 4 is 27.7 Å². The number of hydrazine groups is 1. The fourth-order valence-electron chi connectivity index (χ4n) is 5.64. The van der Waals surface area contributed by atoms with Crippen molar-refractivity contribution in [3.63, 3.8) is 0 Å². The largest absolute Gasteiger partial charge is 0.494 e. The molecule has 0 bridgehead atoms. The normalized spacial score (nSPS) is 21.3. The summed E-state index contributed by atoms with van der Waals surface area (Å²) in [6.07, 6.45) is 4.58. The lowest BCUT2D eigenvalue weighted by Gasteiger charge is -2.34. The maximum Gasteiger partial charge on any atom is 0.266 e. The van der Waals surface area contributed by atoms with Gasteiger partial charge in [0.25, 0.3) is 5.91 Å². The van der Waals surface area contributed by atoms with Crippen LogP contribution in [0.4, 0.5) is 0 Å². The van der Waals surface area contributed by atoms with Gasteiger partial charge >= 0.3 is 0 Å². The molecule has 0 unspecified atom stereocenters. The number of rotatable bonds is 12. The van der Waals surface area contributed by atoms with E-state index in [0.717, 1.165) is 34.9 Å². The molecule has 4 N–H and O–H groups in total. The van der Waals surface area contributed by atoms with Crippen molar-refractivity contribution < 1.29 is 24.5 Å². The van der Waals surface area contributed by atoms with Crippen molar-refractivity contribution in [3.05, 3.63) is 100 Å². The van der Waals surface area contributed by atoms with Crippen molar-refractivity contribution in [3.8, 4) is 5.75 Å². The number of carbonyl (C=O) groups is 1. The third-order valence-corrected chi connectivity index (χ3v) is 8.66. The van der Waals surface area contributed by atoms with Gasteiger partial charge in [-0.3, -0.25) is 10.2 Å². The Morgan fingerprint density at radius 2 is 1.71 bits per heavy atom. The molecule has 9 heteroatoms. The van der Waals surface area contributed by atoms with Crippen LogP contribution >= 0.6 is 15.9 Å². The first-order valence-electron chi connectivity index (χ1n) is 14.6. The minimum Gasteiger partial charge on any atom is -0.494 e. The highest BCUT2D eigenvalue weighted by molar-refractivity contribution is 9.10. The Labute approximate surface area is 255 Å². The lowest BCUT2D eigenvalue weighted by atomic mass is 9.82. The number of nitrogens with zero attached hydrogens (tertiary/aromatic N) is 1. The molecular weight excluding hydrogens is 598 g/mol. The lowest BCUT2D eigenvalue weighted by Crippen LogP contribution is -2.56. The smallest absolute Gasteiger partial charge is 0.266 e. The summed E-state index contributed by atoms with van der Waals surface area (Å²) in [5, 5.41) is 20.0. The van der Waals surface area contributed by atoms with Gasteiger partial charge in [-0.05, 0) is 48.7 Å². The molecule has 3 aromatic carbocycles. The number of aliphatic imine (C=N–C) groups is 1. The van der Waals surface area contributed by atoms with Gasteiger partial charge in [0.1, 0.15) is 5.75 Å². The van der Waals surface area contributed by atoms with Gasteiger partial charge in [0.05, 0.1) is 12.2 Å². The quantitative estimate of drug-likeness (QED) is 0.164. The number of carbonyl (C=O) groups excluding carboxylic acids is 1. The molecule has 2 aliphatic rings. The van der Waals surface area contributed by atoms with Crippen molar-refractivity contribution in [2.24, 2.45) is 4.99 Å². The molecule has 1 heterocycles. The van der Waals surface area contributed by atoms with Crippen LogP contribution in [0.2, 0.25) is 0 Å². The molecule has 222 valence electrons. The Balaban J connectivity index is 1.49. The minimum absolute atomic E-state index is 0.0683. The average molecular weight is 637 g/mol. The summed E-state index contributed by atoms with van der Waals surface area (Å²) in [7, 11) is 0. The van der Waals surface area contributed by atoms with Crippen LogP contribution in [0.3, 0.4) is 0 Å². The highest BCUT2D eigenvalue weighted by Crippen LogP contribution is 2.44. The summed E-state index contributed by atoms with van der Waals surface area (Å²) in [6.45, 7) is 0.744. The molecule has 1 fully saturated rings. The Bertz CT molecular complexity index is 1360. The van der Waals surface area contributed by atoms with E-state index in [2.05, 4.69) is 26.8 Å². The Hall–Kier alpha value is -3.24. The fraction of sp³-hybridized carbons (Fsp3) is 0.394. The van der Waals surface area contributed by atoms with E-state index >= 15 is 0 Å². The number of hydrogen-bond acceptors (Lipinski definition) is 7. The van der Waals surface area contributed by atoms with E-state index in [1.807, 2.05) is 78.9 Å². The van der Waals surface area contributed by atoms with Gasteiger partial charge in [-0.1, -0.05) is 83.7 Å². The second kappa shape index (κ2) is 13.8. The third kappa shape index (κ3) is 7.03. The van der Waals surface area contributed by atoms with Crippen LogP contribution in [0.5, 0.6) is 5.75 Å². The zero-order valence-corrected chi connectivity index (χ0v) is 25.2. The number of aliphatic hydroxyl groups is 2. The number of aliphatic hydroxyl groups excluding tert-OH is 1. The van der Waals surface area contributed by atoms with Crippen LogP contribution in [0.15, 0.2) is 88.3 Å². The zero-order chi connectivity index (χ0) is 29.4. The first-order valence-corrected chi connectivity index (χ1v) is 15.4. The number of nitrogens with one attached hydrogen (secondary N) is 2. The molecule has 0 spiro atoms. The maximum absolute atomic E-state index is 14.3. The molecule has 1 aliphatic carbocycles. The van der Waals surface area contributed by atoms with Gasteiger partial charge in [0, 0.05) is 41.6 Å². The molecule has 42 heavy (non-hydrogen) atoms. The van der Waals surface area contributed by atoms with Gasteiger partial charge in [-0.15, -0.1) is 0 Å². The second-order valence-corrected chi connectivity index (χ2v) is 11.9. The molecule has 0 radical (unpaired) electrons. The maximum atomic E-state index is 14.3. The van der Waals surface area contributed by atoms with Gasteiger partial charge in [-0.25, -0.2) is 10.4 Å². The molecule has 1 aliphatic heterocycles. The first kappa shape index (κ1) is 30.2. The molecule has 1 saturated carbocycles. The topological polar surface area (TPSA) is 112 Å². The predicted octanol–water partition coefficient (Wildman–Crippen LogP) is 5.03. The van der Waals surface area contributed by atoms with Crippen LogP contribution in [-0.2, 0) is 16.0 Å². The second-order valence-electron chi connectivity index (χ2n) is 11.1. The molecule has 5 rings (SSSR count). The molecule has 0 saturated heterocycles. The summed E-state index contributed by atoms with van der Waals surface area (Å²) < 4.78 is 13.1. The fourth-order valence-corrected chi connectivity index (χ4v) is 6.13. The predicted molar refractivity (Wildman–Crippen MR) is 165 cm³/mol. The molecule has 1 amide bonds. The van der Waals surface area contributed by atoms with E-state index in [9.17, 15) is 9.90 Å². The standard InChI is InChI=1S/C33H38BrN3O5/c34-28-13-6-5-12-27(28)29-33(22-24-10-3-1-4-11-24,31(39)37-35-23-32(40)18-7-2-8-19-32)36-30(42-29)25-14-16-26(17-15-25)41-21-9-20-38/h1,3-6,10-17,29,35,38,40H,2,7-9,18-23H2,(H,37,39)/t29-,33-/m0/s1. The average Bonchev–Trinajstić information content (AvgIpc) is 3.38. The number of hydrogen-bond donors (Lipinski definition) is 4. The number of halogens is 1. The van der Waals surface area contributed by atoms with Gasteiger partial charge in [0.2, 0.25) is 5.90 Å². The van der Waals surface area contributed by atoms with E-state index in [4.69, 9.17) is 19.6 Å². The Morgan fingerprint density at radius 3 is 2.43 bits per heavy atom. The van der Waals surface area contributed by atoms with Gasteiger partial charge in [0.15, 0.2) is 11.6 Å². The highest BCUT2D eigenvalue weighted by atomic mass is 79.9. The summed E-state index contributed by atoms with van der Waals surface area (Å²) in [5.74, 6) is 0.686. The summed E-state index contributed by atoms with van der Waals surface area (Å²) >= 11 is 3.67. The molecule has 3 aromatic rings. The van der Waals surface area contributed by atoms with E-state index in [1.165, 1.54) is 0 Å². The van der Waals surface area contributed by atoms with Crippen molar-refractivity contribution in [1.82, 2.24) is 10.9 Å². The monoisotopic (exact) mass is 635 g/mol. The number of amides is 1. The van der Waals surface area contributed by atoms with Crippen LogP contribution in [0, 0.1) is 0 Å². The number of ether oxygens (including phenoxy) is 2. The lowest BCUT2D eigenvalue weighted by molar-refractivity contribution is -0.130. The third-order valence-electron chi connectivity index (χ3n) is 7.94. The summed E-state index contributed by atoms with van der Waals surface area (Å²) in [6, 6.07) is 24.9. The first-order chi connectivity index (χ1) is 20.4. The molecule has 2 atom stereocenters. The molecular formula is C33H38BrN3O5. The van der Waals surface area contributed by atoms with E-state index in [1.54, 1.807) is 0 Å². The molecule has 0 aromatic heterocycles. The van der Waals surface area contributed by atoms with Crippen molar-refractivity contribution in [2.75, 3.05) is 19.8 Å².